The number of anilines is 2. The molecule has 0 spiro atoms. The lowest BCUT2D eigenvalue weighted by atomic mass is 10.0. The minimum Gasteiger partial charge on any atom is -0.371 e. The van der Waals surface area contributed by atoms with Crippen LogP contribution in [0.3, 0.4) is 0 Å². The van der Waals surface area contributed by atoms with E-state index in [1.165, 1.54) is 5.56 Å². The third-order valence-electron chi connectivity index (χ3n) is 6.56. The van der Waals surface area contributed by atoms with Gasteiger partial charge in [-0.3, -0.25) is 9.59 Å². The van der Waals surface area contributed by atoms with E-state index in [1.807, 2.05) is 36.0 Å². The topological polar surface area (TPSA) is 52.7 Å². The number of carbonyl (C=O) groups is 2. The van der Waals surface area contributed by atoms with Gasteiger partial charge in [-0.1, -0.05) is 36.4 Å². The minimum atomic E-state index is 0.0269. The zero-order chi connectivity index (χ0) is 21.2. The van der Waals surface area contributed by atoms with Gasteiger partial charge < -0.3 is 15.1 Å². The van der Waals surface area contributed by atoms with Gasteiger partial charge in [0.05, 0.1) is 12.0 Å². The van der Waals surface area contributed by atoms with Gasteiger partial charge in [0.15, 0.2) is 0 Å². The van der Waals surface area contributed by atoms with Crippen molar-refractivity contribution in [1.82, 2.24) is 4.90 Å². The molecule has 2 aromatic carbocycles. The molecular weight excluding hydrogens is 406 g/mol. The second kappa shape index (κ2) is 8.95. The summed E-state index contributed by atoms with van der Waals surface area (Å²) in [5.74, 6) is 2.61. The number of amides is 2. The molecule has 5 rings (SSSR count). The van der Waals surface area contributed by atoms with E-state index in [4.69, 9.17) is 0 Å². The lowest BCUT2D eigenvalue weighted by Gasteiger charge is -2.37. The van der Waals surface area contributed by atoms with Gasteiger partial charge in [0.25, 0.3) is 0 Å². The van der Waals surface area contributed by atoms with Crippen molar-refractivity contribution in [3.63, 3.8) is 0 Å². The average Bonchev–Trinajstić information content (AvgIpc) is 3.56. The molecule has 0 aromatic heterocycles. The molecule has 2 heterocycles. The average molecular weight is 436 g/mol. The van der Waals surface area contributed by atoms with Crippen molar-refractivity contribution in [2.75, 3.05) is 41.4 Å². The fourth-order valence-electron chi connectivity index (χ4n) is 4.62. The zero-order valence-electron chi connectivity index (χ0n) is 17.7. The molecule has 162 valence electrons. The molecule has 31 heavy (non-hydrogen) atoms. The van der Waals surface area contributed by atoms with Crippen LogP contribution in [-0.2, 0) is 9.59 Å². The molecular formula is C25H29N3O2S. The van der Waals surface area contributed by atoms with Crippen LogP contribution in [0.1, 0.15) is 30.9 Å². The smallest absolute Gasteiger partial charge is 0.228 e. The maximum atomic E-state index is 13.5. The molecule has 1 aliphatic carbocycles. The van der Waals surface area contributed by atoms with Crippen LogP contribution in [-0.4, -0.2) is 47.9 Å². The maximum Gasteiger partial charge on any atom is 0.228 e. The Balaban J connectivity index is 1.25. The molecule has 6 heteroatoms. The number of hydrogen-bond acceptors (Lipinski definition) is 4. The van der Waals surface area contributed by atoms with E-state index in [2.05, 4.69) is 45.4 Å². The van der Waals surface area contributed by atoms with Gasteiger partial charge in [-0.05, 0) is 43.0 Å². The Labute approximate surface area is 188 Å². The summed E-state index contributed by atoms with van der Waals surface area (Å²) < 4.78 is 0. The van der Waals surface area contributed by atoms with E-state index < -0.39 is 0 Å². The summed E-state index contributed by atoms with van der Waals surface area (Å²) in [5, 5.41) is 3.03. The van der Waals surface area contributed by atoms with Crippen LogP contribution >= 0.6 is 11.8 Å². The third-order valence-corrected chi connectivity index (χ3v) is 7.58. The summed E-state index contributed by atoms with van der Waals surface area (Å²) >= 11 is 1.93. The van der Waals surface area contributed by atoms with Crippen molar-refractivity contribution in [2.45, 2.75) is 25.3 Å². The highest BCUT2D eigenvalue weighted by molar-refractivity contribution is 7.99. The van der Waals surface area contributed by atoms with Crippen molar-refractivity contribution in [3.8, 4) is 0 Å². The predicted octanol–water partition coefficient (Wildman–Crippen LogP) is 4.18. The Hall–Kier alpha value is -2.47. The van der Waals surface area contributed by atoms with E-state index in [-0.39, 0.29) is 29.7 Å². The maximum absolute atomic E-state index is 13.5. The minimum absolute atomic E-state index is 0.0269. The second-order valence-electron chi connectivity index (χ2n) is 8.78. The number of carbonyl (C=O) groups excluding carboxylic acids is 2. The lowest BCUT2D eigenvalue weighted by Crippen LogP contribution is -2.44. The first-order valence-electron chi connectivity index (χ1n) is 11.3. The zero-order valence-corrected chi connectivity index (χ0v) is 18.5. The Morgan fingerprint density at radius 2 is 1.77 bits per heavy atom. The highest BCUT2D eigenvalue weighted by Gasteiger charge is 2.36. The van der Waals surface area contributed by atoms with E-state index >= 15 is 0 Å². The van der Waals surface area contributed by atoms with E-state index in [9.17, 15) is 9.59 Å². The van der Waals surface area contributed by atoms with Crippen molar-refractivity contribution in [3.05, 3.63) is 60.2 Å². The van der Waals surface area contributed by atoms with Crippen LogP contribution in [0, 0.1) is 11.8 Å². The lowest BCUT2D eigenvalue weighted by molar-refractivity contribution is -0.136. The van der Waals surface area contributed by atoms with Gasteiger partial charge in [-0.25, -0.2) is 0 Å². The van der Waals surface area contributed by atoms with Crippen molar-refractivity contribution >= 4 is 35.0 Å². The van der Waals surface area contributed by atoms with E-state index in [0.717, 1.165) is 61.8 Å². The molecule has 2 aromatic rings. The molecule has 3 aliphatic rings. The van der Waals surface area contributed by atoms with Crippen LogP contribution in [0.4, 0.5) is 11.4 Å². The summed E-state index contributed by atoms with van der Waals surface area (Å²) in [7, 11) is 0. The van der Waals surface area contributed by atoms with Crippen LogP contribution in [0.15, 0.2) is 54.6 Å². The molecule has 2 unspecified atom stereocenters. The highest BCUT2D eigenvalue weighted by atomic mass is 32.2. The Kier molecular flexibility index (Phi) is 5.90. The molecule has 1 N–H and O–H groups in total. The first kappa shape index (κ1) is 20.4. The van der Waals surface area contributed by atoms with Gasteiger partial charge in [0, 0.05) is 48.4 Å². The second-order valence-corrected chi connectivity index (χ2v) is 9.93. The Morgan fingerprint density at radius 3 is 2.58 bits per heavy atom. The van der Waals surface area contributed by atoms with Crippen molar-refractivity contribution in [2.24, 2.45) is 11.8 Å². The van der Waals surface area contributed by atoms with Gasteiger partial charge in [0.2, 0.25) is 11.8 Å². The molecule has 2 aliphatic heterocycles. The Bertz CT molecular complexity index is 947. The van der Waals surface area contributed by atoms with Crippen molar-refractivity contribution < 1.29 is 9.59 Å². The number of nitrogens with one attached hydrogen (secondary N) is 1. The van der Waals surface area contributed by atoms with Gasteiger partial charge in [0.1, 0.15) is 0 Å². The summed E-state index contributed by atoms with van der Waals surface area (Å²) in [6.45, 7) is 2.43. The van der Waals surface area contributed by atoms with Crippen LogP contribution in [0.5, 0.6) is 0 Å². The molecule has 2 amide bonds. The van der Waals surface area contributed by atoms with Gasteiger partial charge in [-0.2, -0.15) is 11.8 Å². The van der Waals surface area contributed by atoms with Crippen molar-refractivity contribution in [1.29, 1.82) is 0 Å². The molecule has 3 fully saturated rings. The SMILES string of the molecule is O=C(Nc1cccc(N2CCC(C(=O)N3CCSCC3c3ccccc3)C2)c1)C1CC1. The van der Waals surface area contributed by atoms with Crippen LogP contribution in [0.25, 0.3) is 0 Å². The Morgan fingerprint density at radius 1 is 0.935 bits per heavy atom. The molecule has 0 radical (unpaired) electrons. The number of benzene rings is 2. The summed E-state index contributed by atoms with van der Waals surface area (Å²) in [5.41, 5.74) is 3.16. The number of hydrogen-bond donors (Lipinski definition) is 1. The highest BCUT2D eigenvalue weighted by Crippen LogP contribution is 2.34. The quantitative estimate of drug-likeness (QED) is 0.766. The summed E-state index contributed by atoms with van der Waals surface area (Å²) in [4.78, 5) is 30.0. The van der Waals surface area contributed by atoms with Crippen LogP contribution in [0.2, 0.25) is 0 Å². The fourth-order valence-corrected chi connectivity index (χ4v) is 5.71. The first-order chi connectivity index (χ1) is 15.2. The number of thioether (sulfide) groups is 1. The van der Waals surface area contributed by atoms with Crippen LogP contribution < -0.4 is 10.2 Å². The van der Waals surface area contributed by atoms with E-state index in [0.29, 0.717) is 0 Å². The molecule has 0 bridgehead atoms. The number of nitrogens with zero attached hydrogens (tertiary/aromatic N) is 2. The largest absolute Gasteiger partial charge is 0.371 e. The van der Waals surface area contributed by atoms with E-state index in [1.54, 1.807) is 0 Å². The molecule has 5 nitrogen and oxygen atoms in total. The molecule has 2 saturated heterocycles. The molecule has 2 atom stereocenters. The number of rotatable bonds is 5. The monoisotopic (exact) mass is 435 g/mol. The standard InChI is InChI=1S/C25H29N3O2S/c29-24(19-9-10-19)26-21-7-4-8-22(15-21)27-12-11-20(16-27)25(30)28-13-14-31-17-23(28)18-5-2-1-3-6-18/h1-8,15,19-20,23H,9-14,16-17H2,(H,26,29). The molecule has 1 saturated carbocycles. The van der Waals surface area contributed by atoms with Gasteiger partial charge in [-0.15, -0.1) is 0 Å². The predicted molar refractivity (Wildman–Crippen MR) is 126 cm³/mol. The van der Waals surface area contributed by atoms with Gasteiger partial charge >= 0.3 is 0 Å². The summed E-state index contributed by atoms with van der Waals surface area (Å²) in [6, 6.07) is 18.6. The fraction of sp³-hybridized carbons (Fsp3) is 0.440. The summed E-state index contributed by atoms with van der Waals surface area (Å²) in [6.07, 6.45) is 2.88. The first-order valence-corrected chi connectivity index (χ1v) is 12.4. The third kappa shape index (κ3) is 4.59. The normalized spacial score (nSPS) is 23.6.